The summed E-state index contributed by atoms with van der Waals surface area (Å²) in [5.74, 6) is -0.455. The summed E-state index contributed by atoms with van der Waals surface area (Å²) in [6.07, 6.45) is 5.29. The Hall–Kier alpha value is -2.34. The molecule has 2 amide bonds. The molecule has 0 bridgehead atoms. The molecular formula is C29H40FN5O3P2. The summed E-state index contributed by atoms with van der Waals surface area (Å²) < 4.78 is 16.9. The lowest BCUT2D eigenvalue weighted by Crippen LogP contribution is -2.65. The van der Waals surface area contributed by atoms with E-state index in [1.165, 1.54) is 6.07 Å². The van der Waals surface area contributed by atoms with Crippen molar-refractivity contribution in [3.05, 3.63) is 63.3 Å². The SMILES string of the molecule is C[C@@H](NC(=O)c1cn(C2(C)CN(C(=O)C3CC3)C2)c(=O)cc1NC1CCN(C)CC1)c1cccc(C(P)P)c1F. The molecule has 216 valence electrons. The fourth-order valence-electron chi connectivity index (χ4n) is 5.81. The number of anilines is 1. The molecule has 1 aromatic carbocycles. The Bertz CT molecular complexity index is 1350. The van der Waals surface area contributed by atoms with Crippen LogP contribution < -0.4 is 16.2 Å². The quantitative estimate of drug-likeness (QED) is 0.461. The Morgan fingerprint density at radius 2 is 1.75 bits per heavy atom. The number of amides is 2. The Labute approximate surface area is 239 Å². The summed E-state index contributed by atoms with van der Waals surface area (Å²) in [5.41, 5.74) is 0.950. The molecule has 2 aromatic rings. The fourth-order valence-corrected chi connectivity index (χ4v) is 6.33. The summed E-state index contributed by atoms with van der Waals surface area (Å²) in [7, 11) is 7.22. The predicted octanol–water partition coefficient (Wildman–Crippen LogP) is 3.70. The van der Waals surface area contributed by atoms with Gasteiger partial charge < -0.3 is 25.0 Å². The number of piperidine rings is 1. The minimum Gasteiger partial charge on any atom is -0.381 e. The largest absolute Gasteiger partial charge is 0.381 e. The number of hydrogen-bond donors (Lipinski definition) is 2. The molecule has 2 N–H and O–H groups in total. The van der Waals surface area contributed by atoms with E-state index in [0.717, 1.165) is 38.8 Å². The number of halogens is 1. The maximum Gasteiger partial charge on any atom is 0.255 e. The average Bonchev–Trinajstić information content (AvgIpc) is 3.73. The first-order chi connectivity index (χ1) is 19.0. The van der Waals surface area contributed by atoms with Gasteiger partial charge >= 0.3 is 0 Å². The van der Waals surface area contributed by atoms with Gasteiger partial charge in [0.2, 0.25) is 5.91 Å². The molecule has 3 heterocycles. The van der Waals surface area contributed by atoms with E-state index in [1.54, 1.807) is 40.8 Å². The second kappa shape index (κ2) is 11.5. The first-order valence-electron chi connectivity index (χ1n) is 14.1. The normalized spacial score (nSPS) is 20.2. The van der Waals surface area contributed by atoms with Gasteiger partial charge in [0.05, 0.1) is 22.8 Å². The molecule has 3 atom stereocenters. The molecule has 2 aliphatic heterocycles. The lowest BCUT2D eigenvalue weighted by Gasteiger charge is -2.49. The van der Waals surface area contributed by atoms with Crippen molar-refractivity contribution in [3.8, 4) is 0 Å². The van der Waals surface area contributed by atoms with Crippen LogP contribution in [0.25, 0.3) is 0 Å². The number of likely N-dealkylation sites (tertiary alicyclic amines) is 2. The van der Waals surface area contributed by atoms with Crippen LogP contribution in [0.3, 0.4) is 0 Å². The van der Waals surface area contributed by atoms with Crippen molar-refractivity contribution < 1.29 is 14.0 Å². The second-order valence-corrected chi connectivity index (χ2v) is 14.2. The van der Waals surface area contributed by atoms with Crippen molar-refractivity contribution >= 4 is 36.0 Å². The van der Waals surface area contributed by atoms with Crippen LogP contribution in [0.15, 0.2) is 35.3 Å². The maximum absolute atomic E-state index is 15.3. The van der Waals surface area contributed by atoms with E-state index in [4.69, 9.17) is 0 Å². The molecule has 1 saturated carbocycles. The van der Waals surface area contributed by atoms with Crippen molar-refractivity contribution in [1.82, 2.24) is 19.7 Å². The average molecular weight is 588 g/mol. The highest BCUT2D eigenvalue weighted by molar-refractivity contribution is 7.37. The number of nitrogens with zero attached hydrogens (tertiary/aromatic N) is 3. The fraction of sp³-hybridized carbons (Fsp3) is 0.552. The molecule has 2 unspecified atom stereocenters. The van der Waals surface area contributed by atoms with Gasteiger partial charge in [-0.3, -0.25) is 14.4 Å². The zero-order valence-corrected chi connectivity index (χ0v) is 25.8. The third-order valence-corrected chi connectivity index (χ3v) is 9.21. The molecular weight excluding hydrogens is 547 g/mol. The Balaban J connectivity index is 1.43. The minimum absolute atomic E-state index is 0.122. The lowest BCUT2D eigenvalue weighted by atomic mass is 9.90. The van der Waals surface area contributed by atoms with E-state index >= 15 is 4.39 Å². The Morgan fingerprint density at radius 1 is 1.10 bits per heavy atom. The maximum atomic E-state index is 15.3. The van der Waals surface area contributed by atoms with Crippen LogP contribution in [0, 0.1) is 11.7 Å². The zero-order valence-electron chi connectivity index (χ0n) is 23.5. The highest BCUT2D eigenvalue weighted by Crippen LogP contribution is 2.37. The van der Waals surface area contributed by atoms with Gasteiger partial charge in [0.25, 0.3) is 11.5 Å². The van der Waals surface area contributed by atoms with Gasteiger partial charge in [-0.15, -0.1) is 18.5 Å². The van der Waals surface area contributed by atoms with Crippen LogP contribution in [-0.2, 0) is 10.3 Å². The van der Waals surface area contributed by atoms with Crippen LogP contribution in [-0.4, -0.2) is 65.4 Å². The number of benzene rings is 1. The van der Waals surface area contributed by atoms with Crippen LogP contribution in [0.2, 0.25) is 0 Å². The van der Waals surface area contributed by atoms with Gasteiger partial charge in [-0.2, -0.15) is 0 Å². The van der Waals surface area contributed by atoms with E-state index in [-0.39, 0.29) is 40.6 Å². The minimum atomic E-state index is -0.596. The van der Waals surface area contributed by atoms with Crippen LogP contribution >= 0.6 is 18.5 Å². The first-order valence-corrected chi connectivity index (χ1v) is 15.4. The summed E-state index contributed by atoms with van der Waals surface area (Å²) in [4.78, 5) is 43.8. The number of hydrogen-bond acceptors (Lipinski definition) is 5. The number of carbonyl (C=O) groups is 2. The Kier molecular flexibility index (Phi) is 8.39. The molecule has 8 nitrogen and oxygen atoms in total. The van der Waals surface area contributed by atoms with Crippen molar-refractivity contribution in [2.75, 3.05) is 38.5 Å². The summed E-state index contributed by atoms with van der Waals surface area (Å²) in [6.45, 7) is 6.43. The molecule has 2 saturated heterocycles. The van der Waals surface area contributed by atoms with Crippen molar-refractivity contribution in [3.63, 3.8) is 0 Å². The van der Waals surface area contributed by atoms with E-state index < -0.39 is 11.6 Å². The van der Waals surface area contributed by atoms with Crippen molar-refractivity contribution in [2.24, 2.45) is 5.92 Å². The molecule has 1 aromatic heterocycles. The van der Waals surface area contributed by atoms with E-state index in [1.807, 2.05) is 6.92 Å². The molecule has 1 aliphatic carbocycles. The van der Waals surface area contributed by atoms with Gasteiger partial charge in [0, 0.05) is 48.3 Å². The van der Waals surface area contributed by atoms with E-state index in [0.29, 0.717) is 35.5 Å². The van der Waals surface area contributed by atoms with Crippen LogP contribution in [0.4, 0.5) is 10.1 Å². The van der Waals surface area contributed by atoms with Gasteiger partial charge in [-0.1, -0.05) is 18.2 Å². The number of pyridine rings is 1. The molecule has 3 aliphatic rings. The van der Waals surface area contributed by atoms with Gasteiger partial charge in [-0.25, -0.2) is 4.39 Å². The van der Waals surface area contributed by atoms with Gasteiger partial charge in [0.15, 0.2) is 0 Å². The van der Waals surface area contributed by atoms with Gasteiger partial charge in [0.1, 0.15) is 5.82 Å². The van der Waals surface area contributed by atoms with Crippen molar-refractivity contribution in [2.45, 2.75) is 62.6 Å². The second-order valence-electron chi connectivity index (χ2n) is 12.0. The molecule has 0 spiro atoms. The highest BCUT2D eigenvalue weighted by Gasteiger charge is 2.47. The van der Waals surface area contributed by atoms with Crippen LogP contribution in [0.5, 0.6) is 0 Å². The molecule has 40 heavy (non-hydrogen) atoms. The molecule has 5 rings (SSSR count). The van der Waals surface area contributed by atoms with Crippen molar-refractivity contribution in [1.29, 1.82) is 0 Å². The van der Waals surface area contributed by atoms with E-state index in [9.17, 15) is 14.4 Å². The number of carbonyl (C=O) groups excluding carboxylic acids is 2. The lowest BCUT2D eigenvalue weighted by molar-refractivity contribution is -0.142. The molecule has 3 fully saturated rings. The zero-order chi connectivity index (χ0) is 28.8. The smallest absolute Gasteiger partial charge is 0.255 e. The highest BCUT2D eigenvalue weighted by atomic mass is 31.1. The molecule has 0 radical (unpaired) electrons. The van der Waals surface area contributed by atoms with E-state index in [2.05, 4.69) is 41.1 Å². The standard InChI is InChI=1S/C29H40FN5O3P2/c1-17(20-5-4-6-21(25(20)30)28(39)40)31-26(37)22-14-35(29(2)15-34(16-29)27(38)18-7-8-18)24(36)13-23(22)32-19-9-11-33(3)12-10-19/h4-6,13-14,17-19,28,32H,7-12,15-16,39-40H2,1-3H3,(H,31,37)/t17-/m1/s1. The topological polar surface area (TPSA) is 86.7 Å². The summed E-state index contributed by atoms with van der Waals surface area (Å²) >= 11 is 0. The molecule has 11 heteroatoms. The summed E-state index contributed by atoms with van der Waals surface area (Å²) in [6, 6.07) is 6.25. The number of aromatic nitrogens is 1. The van der Waals surface area contributed by atoms with Gasteiger partial charge in [-0.05, 0) is 65.2 Å². The number of nitrogens with one attached hydrogen (secondary N) is 2. The third kappa shape index (κ3) is 5.98. The Morgan fingerprint density at radius 3 is 2.38 bits per heavy atom. The third-order valence-electron chi connectivity index (χ3n) is 8.49. The predicted molar refractivity (Wildman–Crippen MR) is 162 cm³/mol. The van der Waals surface area contributed by atoms with Crippen LogP contribution in [0.1, 0.15) is 72.5 Å². The first kappa shape index (κ1) is 29.2. The monoisotopic (exact) mass is 587 g/mol. The number of rotatable bonds is 8. The summed E-state index contributed by atoms with van der Waals surface area (Å²) in [5, 5.41) is 6.28.